The third-order valence-electron chi connectivity index (χ3n) is 3.43. The average molecular weight is 192 g/mol. The minimum atomic E-state index is 0.891. The summed E-state index contributed by atoms with van der Waals surface area (Å²) in [6.07, 6.45) is 3.92. The first-order valence-electron chi connectivity index (χ1n) is 5.32. The second kappa shape index (κ2) is 3.37. The van der Waals surface area contributed by atoms with Gasteiger partial charge in [0.25, 0.3) is 0 Å². The predicted octanol–water partition coefficient (Wildman–Crippen LogP) is 0.0609. The molecule has 14 heavy (non-hydrogen) atoms. The summed E-state index contributed by atoms with van der Waals surface area (Å²) < 4.78 is 0. The second-order valence-electron chi connectivity index (χ2n) is 4.48. The van der Waals surface area contributed by atoms with E-state index in [9.17, 15) is 0 Å². The topological polar surface area (TPSA) is 44.0 Å². The van der Waals surface area contributed by atoms with Crippen molar-refractivity contribution in [3.05, 3.63) is 18.0 Å². The number of hydrogen-bond acceptors (Lipinski definition) is 3. The Kier molecular flexibility index (Phi) is 2.03. The van der Waals surface area contributed by atoms with Crippen molar-refractivity contribution in [2.24, 2.45) is 11.8 Å². The molecule has 2 N–H and O–H groups in total. The van der Waals surface area contributed by atoms with Crippen LogP contribution in [0.15, 0.2) is 12.4 Å². The smallest absolute Gasteiger partial charge is 0.0532 e. The van der Waals surface area contributed by atoms with E-state index in [0.29, 0.717) is 0 Å². The highest BCUT2D eigenvalue weighted by molar-refractivity contribution is 5.03. The third kappa shape index (κ3) is 1.44. The van der Waals surface area contributed by atoms with Gasteiger partial charge in [-0.2, -0.15) is 5.10 Å². The summed E-state index contributed by atoms with van der Waals surface area (Å²) >= 11 is 0. The Hall–Kier alpha value is -0.870. The van der Waals surface area contributed by atoms with Crippen molar-refractivity contribution in [2.75, 3.05) is 26.2 Å². The number of fused-ring (bicyclic) bond motifs is 1. The highest BCUT2D eigenvalue weighted by Crippen LogP contribution is 2.27. The molecule has 2 fully saturated rings. The summed E-state index contributed by atoms with van der Waals surface area (Å²) in [7, 11) is 0. The molecule has 2 saturated heterocycles. The lowest BCUT2D eigenvalue weighted by molar-refractivity contribution is 0.305. The molecule has 0 amide bonds. The van der Waals surface area contributed by atoms with Crippen LogP contribution in [0.25, 0.3) is 0 Å². The molecule has 0 bridgehead atoms. The van der Waals surface area contributed by atoms with Gasteiger partial charge in [-0.05, 0) is 24.9 Å². The van der Waals surface area contributed by atoms with Gasteiger partial charge in [0, 0.05) is 31.4 Å². The second-order valence-corrected chi connectivity index (χ2v) is 4.48. The molecule has 2 aliphatic heterocycles. The first kappa shape index (κ1) is 8.44. The maximum Gasteiger partial charge on any atom is 0.0532 e. The van der Waals surface area contributed by atoms with Gasteiger partial charge in [0.1, 0.15) is 0 Å². The van der Waals surface area contributed by atoms with Crippen LogP contribution in [0.5, 0.6) is 0 Å². The Morgan fingerprint density at radius 2 is 2.14 bits per heavy atom. The SMILES string of the molecule is c1n[nH]cc1CN1CC2CNCC2C1. The van der Waals surface area contributed by atoms with Crippen LogP contribution in [0.2, 0.25) is 0 Å². The molecule has 0 aromatic carbocycles. The zero-order valence-electron chi connectivity index (χ0n) is 8.24. The summed E-state index contributed by atoms with van der Waals surface area (Å²) in [4.78, 5) is 2.54. The molecule has 3 rings (SSSR count). The van der Waals surface area contributed by atoms with Crippen molar-refractivity contribution in [3.8, 4) is 0 Å². The zero-order chi connectivity index (χ0) is 9.38. The average Bonchev–Trinajstić information content (AvgIpc) is 2.78. The Morgan fingerprint density at radius 1 is 1.36 bits per heavy atom. The van der Waals surface area contributed by atoms with Crippen molar-refractivity contribution in [1.29, 1.82) is 0 Å². The maximum absolute atomic E-state index is 3.97. The van der Waals surface area contributed by atoms with Crippen LogP contribution in [0, 0.1) is 11.8 Å². The summed E-state index contributed by atoms with van der Waals surface area (Å²) in [5.41, 5.74) is 1.30. The number of likely N-dealkylation sites (tertiary alicyclic amines) is 1. The van der Waals surface area contributed by atoms with Crippen LogP contribution < -0.4 is 5.32 Å². The first-order valence-corrected chi connectivity index (χ1v) is 5.32. The molecule has 0 spiro atoms. The molecule has 1 aromatic rings. The lowest BCUT2D eigenvalue weighted by Gasteiger charge is -2.15. The van der Waals surface area contributed by atoms with Gasteiger partial charge in [-0.1, -0.05) is 0 Å². The summed E-state index contributed by atoms with van der Waals surface area (Å²) in [6.45, 7) is 5.99. The molecular formula is C10H16N4. The first-order chi connectivity index (χ1) is 6.92. The zero-order valence-corrected chi connectivity index (χ0v) is 8.24. The van der Waals surface area contributed by atoms with E-state index in [2.05, 4.69) is 20.4 Å². The molecule has 0 radical (unpaired) electrons. The van der Waals surface area contributed by atoms with E-state index in [1.54, 1.807) is 0 Å². The van der Waals surface area contributed by atoms with Gasteiger partial charge in [-0.3, -0.25) is 10.00 Å². The minimum Gasteiger partial charge on any atom is -0.316 e. The van der Waals surface area contributed by atoms with Crippen molar-refractivity contribution in [3.63, 3.8) is 0 Å². The van der Waals surface area contributed by atoms with E-state index >= 15 is 0 Å². The molecule has 3 heterocycles. The van der Waals surface area contributed by atoms with Crippen LogP contribution in [0.1, 0.15) is 5.56 Å². The van der Waals surface area contributed by atoms with E-state index in [4.69, 9.17) is 0 Å². The summed E-state index contributed by atoms with van der Waals surface area (Å²) in [6, 6.07) is 0. The van der Waals surface area contributed by atoms with Gasteiger partial charge in [0.05, 0.1) is 6.20 Å². The lowest BCUT2D eigenvalue weighted by atomic mass is 10.0. The van der Waals surface area contributed by atoms with Crippen LogP contribution in [0.3, 0.4) is 0 Å². The Morgan fingerprint density at radius 3 is 2.79 bits per heavy atom. The largest absolute Gasteiger partial charge is 0.316 e. The molecule has 2 unspecified atom stereocenters. The quantitative estimate of drug-likeness (QED) is 0.696. The van der Waals surface area contributed by atoms with E-state index in [1.807, 2.05) is 12.4 Å². The number of rotatable bonds is 2. The summed E-state index contributed by atoms with van der Waals surface area (Å²) in [5, 5.41) is 10.3. The van der Waals surface area contributed by atoms with Crippen molar-refractivity contribution < 1.29 is 0 Å². The number of aromatic amines is 1. The fourth-order valence-corrected chi connectivity index (χ4v) is 2.70. The third-order valence-corrected chi connectivity index (χ3v) is 3.43. The van der Waals surface area contributed by atoms with Crippen LogP contribution >= 0.6 is 0 Å². The number of aromatic nitrogens is 2. The van der Waals surface area contributed by atoms with Gasteiger partial charge in [0.2, 0.25) is 0 Å². The maximum atomic E-state index is 3.97. The van der Waals surface area contributed by atoms with Crippen LogP contribution in [-0.2, 0) is 6.54 Å². The fraction of sp³-hybridized carbons (Fsp3) is 0.700. The normalized spacial score (nSPS) is 32.3. The number of H-pyrrole nitrogens is 1. The molecule has 2 aliphatic rings. The molecule has 76 valence electrons. The molecule has 0 aliphatic carbocycles. The van der Waals surface area contributed by atoms with Gasteiger partial charge >= 0.3 is 0 Å². The van der Waals surface area contributed by atoms with Crippen molar-refractivity contribution in [2.45, 2.75) is 6.54 Å². The number of nitrogens with one attached hydrogen (secondary N) is 2. The fourth-order valence-electron chi connectivity index (χ4n) is 2.70. The monoisotopic (exact) mass is 192 g/mol. The van der Waals surface area contributed by atoms with Gasteiger partial charge < -0.3 is 5.32 Å². The van der Waals surface area contributed by atoms with Gasteiger partial charge in [-0.15, -0.1) is 0 Å². The lowest BCUT2D eigenvalue weighted by Crippen LogP contribution is -2.25. The standard InChI is InChI=1S/C10H16N4/c1-8(2-13-12-1)5-14-6-9-3-11-4-10(9)7-14/h1-2,9-11H,3-7H2,(H,12,13). The number of hydrogen-bond donors (Lipinski definition) is 2. The van der Waals surface area contributed by atoms with E-state index < -0.39 is 0 Å². The summed E-state index contributed by atoms with van der Waals surface area (Å²) in [5.74, 6) is 1.78. The Labute approximate surface area is 83.7 Å². The van der Waals surface area contributed by atoms with E-state index in [-0.39, 0.29) is 0 Å². The molecular weight excluding hydrogens is 176 g/mol. The Bertz CT molecular complexity index is 283. The molecule has 4 nitrogen and oxygen atoms in total. The minimum absolute atomic E-state index is 0.891. The van der Waals surface area contributed by atoms with Crippen LogP contribution in [-0.4, -0.2) is 41.3 Å². The van der Waals surface area contributed by atoms with Crippen molar-refractivity contribution >= 4 is 0 Å². The highest BCUT2D eigenvalue weighted by atomic mass is 15.2. The van der Waals surface area contributed by atoms with Crippen molar-refractivity contribution in [1.82, 2.24) is 20.4 Å². The van der Waals surface area contributed by atoms with Gasteiger partial charge in [-0.25, -0.2) is 0 Å². The predicted molar refractivity (Wildman–Crippen MR) is 53.7 cm³/mol. The van der Waals surface area contributed by atoms with Crippen LogP contribution in [0.4, 0.5) is 0 Å². The molecule has 1 aromatic heterocycles. The molecule has 0 saturated carbocycles. The van der Waals surface area contributed by atoms with E-state index in [1.165, 1.54) is 31.7 Å². The number of nitrogens with zero attached hydrogens (tertiary/aromatic N) is 2. The van der Waals surface area contributed by atoms with Gasteiger partial charge in [0.15, 0.2) is 0 Å². The molecule has 4 heteroatoms. The highest BCUT2D eigenvalue weighted by Gasteiger charge is 2.35. The molecule has 2 atom stereocenters. The van der Waals surface area contributed by atoms with E-state index in [0.717, 1.165) is 18.4 Å². The Balaban J connectivity index is 1.61.